The number of para-hydroxylation sites is 2. The van der Waals surface area contributed by atoms with E-state index in [9.17, 15) is 0 Å². The number of rotatable bonds is 5. The lowest BCUT2D eigenvalue weighted by Crippen LogP contribution is -2.17. The normalized spacial score (nSPS) is 10.3. The summed E-state index contributed by atoms with van der Waals surface area (Å²) in [6.45, 7) is 3.03. The van der Waals surface area contributed by atoms with Crippen LogP contribution < -0.4 is 15.4 Å². The second-order valence-corrected chi connectivity index (χ2v) is 3.83. The quantitative estimate of drug-likeness (QED) is 0.811. The Hall–Kier alpha value is -2.24. The third-order valence-electron chi connectivity index (χ3n) is 2.54. The molecule has 1 aromatic heterocycles. The summed E-state index contributed by atoms with van der Waals surface area (Å²) in [7, 11) is 1.89. The zero-order valence-corrected chi connectivity index (χ0v) is 10.5. The Morgan fingerprint density at radius 3 is 2.89 bits per heavy atom. The molecule has 0 saturated carbocycles. The van der Waals surface area contributed by atoms with Crippen molar-refractivity contribution in [3.8, 4) is 5.75 Å². The first kappa shape index (κ1) is 12.2. The highest BCUT2D eigenvalue weighted by atomic mass is 16.5. The molecule has 0 radical (unpaired) electrons. The summed E-state index contributed by atoms with van der Waals surface area (Å²) < 4.78 is 10.6. The Balaban J connectivity index is 1.98. The molecule has 18 heavy (non-hydrogen) atoms. The van der Waals surface area contributed by atoms with Crippen molar-refractivity contribution in [2.75, 3.05) is 24.2 Å². The van der Waals surface area contributed by atoms with Crippen LogP contribution >= 0.6 is 0 Å². The maximum Gasteiger partial charge on any atom is 0.266 e. The van der Waals surface area contributed by atoms with Crippen LogP contribution in [0.5, 0.6) is 5.75 Å². The Morgan fingerprint density at radius 2 is 2.17 bits per heavy atom. The van der Waals surface area contributed by atoms with Gasteiger partial charge < -0.3 is 19.9 Å². The standard InChI is InChI=1S/C12H16N4O2/c1-3-16(2)12-14-11(18-15-12)8-17-10-7-5-4-6-9(10)13/h4-7H,3,8,13H2,1-2H3. The van der Waals surface area contributed by atoms with Crippen molar-refractivity contribution in [3.63, 3.8) is 0 Å². The minimum Gasteiger partial charge on any atom is -0.482 e. The van der Waals surface area contributed by atoms with Gasteiger partial charge in [-0.2, -0.15) is 4.98 Å². The van der Waals surface area contributed by atoms with Crippen molar-refractivity contribution < 1.29 is 9.26 Å². The van der Waals surface area contributed by atoms with Gasteiger partial charge in [0.1, 0.15) is 5.75 Å². The molecule has 6 heteroatoms. The SMILES string of the molecule is CCN(C)c1noc(COc2ccccc2N)n1. The molecule has 2 aromatic rings. The summed E-state index contributed by atoms with van der Waals surface area (Å²) in [6.07, 6.45) is 0. The highest BCUT2D eigenvalue weighted by Crippen LogP contribution is 2.21. The Bertz CT molecular complexity index is 512. The molecule has 96 valence electrons. The molecule has 0 aliphatic carbocycles. The monoisotopic (exact) mass is 248 g/mol. The Labute approximate surface area is 105 Å². The Kier molecular flexibility index (Phi) is 3.66. The number of aromatic nitrogens is 2. The first-order valence-electron chi connectivity index (χ1n) is 5.71. The van der Waals surface area contributed by atoms with Crippen LogP contribution in [-0.2, 0) is 6.61 Å². The molecule has 2 rings (SSSR count). The van der Waals surface area contributed by atoms with Gasteiger partial charge in [0.25, 0.3) is 11.8 Å². The number of nitrogens with zero attached hydrogens (tertiary/aromatic N) is 3. The van der Waals surface area contributed by atoms with E-state index in [1.807, 2.05) is 31.0 Å². The molecule has 0 spiro atoms. The smallest absolute Gasteiger partial charge is 0.266 e. The molecule has 2 N–H and O–H groups in total. The van der Waals surface area contributed by atoms with Crippen LogP contribution in [0.2, 0.25) is 0 Å². The van der Waals surface area contributed by atoms with Crippen LogP contribution in [-0.4, -0.2) is 23.7 Å². The van der Waals surface area contributed by atoms with Gasteiger partial charge in [-0.05, 0) is 24.2 Å². The van der Waals surface area contributed by atoms with E-state index in [1.165, 1.54) is 0 Å². The first-order chi connectivity index (χ1) is 8.70. The van der Waals surface area contributed by atoms with E-state index >= 15 is 0 Å². The molecule has 1 heterocycles. The van der Waals surface area contributed by atoms with Crippen molar-refractivity contribution in [2.45, 2.75) is 13.5 Å². The Morgan fingerprint density at radius 1 is 1.39 bits per heavy atom. The number of benzene rings is 1. The van der Waals surface area contributed by atoms with Crippen molar-refractivity contribution in [1.29, 1.82) is 0 Å². The van der Waals surface area contributed by atoms with Gasteiger partial charge >= 0.3 is 0 Å². The fourth-order valence-corrected chi connectivity index (χ4v) is 1.35. The lowest BCUT2D eigenvalue weighted by atomic mass is 10.3. The van der Waals surface area contributed by atoms with Crippen LogP contribution in [0.3, 0.4) is 0 Å². The lowest BCUT2D eigenvalue weighted by molar-refractivity contribution is 0.244. The number of ether oxygens (including phenoxy) is 1. The zero-order valence-electron chi connectivity index (χ0n) is 10.5. The molecule has 0 unspecified atom stereocenters. The third-order valence-corrected chi connectivity index (χ3v) is 2.54. The molecule has 0 amide bonds. The van der Waals surface area contributed by atoms with E-state index in [1.54, 1.807) is 12.1 Å². The summed E-state index contributed by atoms with van der Waals surface area (Å²) in [5.41, 5.74) is 6.35. The van der Waals surface area contributed by atoms with Crippen LogP contribution in [0.15, 0.2) is 28.8 Å². The zero-order chi connectivity index (χ0) is 13.0. The van der Waals surface area contributed by atoms with E-state index in [2.05, 4.69) is 10.1 Å². The highest BCUT2D eigenvalue weighted by molar-refractivity contribution is 5.51. The summed E-state index contributed by atoms with van der Waals surface area (Å²) in [4.78, 5) is 6.09. The van der Waals surface area contributed by atoms with Crippen LogP contribution in [0, 0.1) is 0 Å². The maximum absolute atomic E-state index is 5.76. The van der Waals surface area contributed by atoms with E-state index < -0.39 is 0 Å². The van der Waals surface area contributed by atoms with E-state index in [4.69, 9.17) is 15.0 Å². The topological polar surface area (TPSA) is 77.4 Å². The van der Waals surface area contributed by atoms with Crippen LogP contribution in [0.1, 0.15) is 12.8 Å². The summed E-state index contributed by atoms with van der Waals surface area (Å²) in [6, 6.07) is 7.28. The molecular formula is C12H16N4O2. The molecule has 0 aliphatic heterocycles. The summed E-state index contributed by atoms with van der Waals surface area (Å²) in [5, 5.41) is 3.85. The van der Waals surface area contributed by atoms with E-state index in [-0.39, 0.29) is 6.61 Å². The molecule has 0 saturated heterocycles. The van der Waals surface area contributed by atoms with Crippen LogP contribution in [0.4, 0.5) is 11.6 Å². The molecule has 0 bridgehead atoms. The largest absolute Gasteiger partial charge is 0.482 e. The van der Waals surface area contributed by atoms with Crippen LogP contribution in [0.25, 0.3) is 0 Å². The van der Waals surface area contributed by atoms with Gasteiger partial charge in [0, 0.05) is 13.6 Å². The van der Waals surface area contributed by atoms with Crippen molar-refractivity contribution >= 4 is 11.6 Å². The maximum atomic E-state index is 5.76. The fourth-order valence-electron chi connectivity index (χ4n) is 1.35. The van der Waals surface area contributed by atoms with Gasteiger partial charge in [-0.3, -0.25) is 0 Å². The van der Waals surface area contributed by atoms with E-state index in [0.29, 0.717) is 23.3 Å². The van der Waals surface area contributed by atoms with Crippen molar-refractivity contribution in [2.24, 2.45) is 0 Å². The van der Waals surface area contributed by atoms with Gasteiger partial charge in [-0.15, -0.1) is 0 Å². The van der Waals surface area contributed by atoms with Gasteiger partial charge in [0.15, 0.2) is 6.61 Å². The number of hydrogen-bond acceptors (Lipinski definition) is 6. The molecule has 6 nitrogen and oxygen atoms in total. The van der Waals surface area contributed by atoms with Crippen molar-refractivity contribution in [3.05, 3.63) is 30.2 Å². The fraction of sp³-hybridized carbons (Fsp3) is 0.333. The number of nitrogens with two attached hydrogens (primary N) is 1. The average Bonchev–Trinajstić information content (AvgIpc) is 2.86. The second-order valence-electron chi connectivity index (χ2n) is 3.83. The number of anilines is 2. The molecular weight excluding hydrogens is 232 g/mol. The van der Waals surface area contributed by atoms with Gasteiger partial charge in [-0.1, -0.05) is 12.1 Å². The third kappa shape index (κ3) is 2.71. The van der Waals surface area contributed by atoms with E-state index in [0.717, 1.165) is 6.54 Å². The molecule has 0 fully saturated rings. The minimum atomic E-state index is 0.207. The highest BCUT2D eigenvalue weighted by Gasteiger charge is 2.10. The predicted octanol–water partition coefficient (Wildman–Crippen LogP) is 1.69. The second kappa shape index (κ2) is 5.39. The van der Waals surface area contributed by atoms with Gasteiger partial charge in [0.05, 0.1) is 5.69 Å². The van der Waals surface area contributed by atoms with Gasteiger partial charge in [-0.25, -0.2) is 0 Å². The number of nitrogen functional groups attached to an aromatic ring is 1. The average molecular weight is 248 g/mol. The molecule has 0 atom stereocenters. The summed E-state index contributed by atoms with van der Waals surface area (Å²) >= 11 is 0. The summed E-state index contributed by atoms with van der Waals surface area (Å²) in [5.74, 6) is 1.59. The number of hydrogen-bond donors (Lipinski definition) is 1. The minimum absolute atomic E-state index is 0.207. The first-order valence-corrected chi connectivity index (χ1v) is 5.71. The molecule has 1 aromatic carbocycles. The van der Waals surface area contributed by atoms with Crippen molar-refractivity contribution in [1.82, 2.24) is 10.1 Å². The predicted molar refractivity (Wildman–Crippen MR) is 68.4 cm³/mol. The lowest BCUT2D eigenvalue weighted by Gasteiger charge is -2.08. The molecule has 0 aliphatic rings. The van der Waals surface area contributed by atoms with Gasteiger partial charge in [0.2, 0.25) is 0 Å².